The third kappa shape index (κ3) is 3.82. The van der Waals surface area contributed by atoms with Crippen molar-refractivity contribution in [1.82, 2.24) is 9.88 Å². The predicted octanol–water partition coefficient (Wildman–Crippen LogP) is 4.68. The number of amides is 2. The number of carbonyl (C=O) groups excluding carboxylic acids is 2. The summed E-state index contributed by atoms with van der Waals surface area (Å²) in [6, 6.07) is 18.2. The number of halogens is 1. The van der Waals surface area contributed by atoms with Crippen LogP contribution in [0.4, 0.5) is 5.69 Å². The number of nitrogens with one attached hydrogen (secondary N) is 1. The third-order valence-corrected chi connectivity index (χ3v) is 6.94. The van der Waals surface area contributed by atoms with Gasteiger partial charge in [-0.2, -0.15) is 0 Å². The minimum absolute atomic E-state index is 0.130. The summed E-state index contributed by atoms with van der Waals surface area (Å²) in [6.07, 6.45) is 1.57. The highest BCUT2D eigenvalue weighted by molar-refractivity contribution is 6.33. The maximum atomic E-state index is 13.2. The Bertz CT molecular complexity index is 1320. The molecule has 1 aliphatic heterocycles. The molecule has 1 unspecified atom stereocenters. The van der Waals surface area contributed by atoms with Crippen LogP contribution in [0, 0.1) is 5.41 Å². The van der Waals surface area contributed by atoms with E-state index in [0.29, 0.717) is 16.3 Å². The molecular formula is C26H26ClN5O2. The Morgan fingerprint density at radius 3 is 2.47 bits per heavy atom. The van der Waals surface area contributed by atoms with E-state index in [-0.39, 0.29) is 23.5 Å². The van der Waals surface area contributed by atoms with E-state index in [1.807, 2.05) is 63.2 Å². The van der Waals surface area contributed by atoms with E-state index in [4.69, 9.17) is 17.3 Å². The van der Waals surface area contributed by atoms with Crippen LogP contribution in [0.15, 0.2) is 71.9 Å². The molecule has 3 N–H and O–H groups in total. The average Bonchev–Trinajstić information content (AvgIpc) is 2.82. The molecule has 0 aliphatic carbocycles. The maximum absolute atomic E-state index is 13.2. The van der Waals surface area contributed by atoms with Crippen LogP contribution in [0.2, 0.25) is 5.02 Å². The van der Waals surface area contributed by atoms with Crippen molar-refractivity contribution in [2.75, 3.05) is 12.4 Å². The van der Waals surface area contributed by atoms with Crippen molar-refractivity contribution in [3.63, 3.8) is 0 Å². The first-order chi connectivity index (χ1) is 16.1. The van der Waals surface area contributed by atoms with Gasteiger partial charge in [-0.15, -0.1) is 0 Å². The number of nitrogens with two attached hydrogens (primary N) is 1. The van der Waals surface area contributed by atoms with Crippen LogP contribution in [0.5, 0.6) is 0 Å². The zero-order valence-corrected chi connectivity index (χ0v) is 20.2. The Morgan fingerprint density at radius 2 is 1.74 bits per heavy atom. The second kappa shape index (κ2) is 8.57. The van der Waals surface area contributed by atoms with Crippen molar-refractivity contribution in [3.05, 3.63) is 83.1 Å². The molecule has 174 valence electrons. The molecule has 2 amide bonds. The Balaban J connectivity index is 1.70. The lowest BCUT2D eigenvalue weighted by molar-refractivity contribution is -0.140. The summed E-state index contributed by atoms with van der Waals surface area (Å²) in [7, 11) is 1.61. The lowest BCUT2D eigenvalue weighted by Crippen LogP contribution is -2.58. The maximum Gasteiger partial charge on any atom is 0.274 e. The number of hydrogen-bond donors (Lipinski definition) is 2. The van der Waals surface area contributed by atoms with Crippen LogP contribution < -0.4 is 11.1 Å². The Hall–Kier alpha value is -3.71. The molecule has 1 aromatic heterocycles. The molecule has 2 heterocycles. The van der Waals surface area contributed by atoms with E-state index >= 15 is 0 Å². The van der Waals surface area contributed by atoms with Crippen LogP contribution in [0.3, 0.4) is 0 Å². The van der Waals surface area contributed by atoms with E-state index in [1.54, 1.807) is 31.4 Å². The molecule has 7 nitrogen and oxygen atoms in total. The van der Waals surface area contributed by atoms with Crippen molar-refractivity contribution in [2.45, 2.75) is 26.3 Å². The van der Waals surface area contributed by atoms with E-state index in [0.717, 1.165) is 11.1 Å². The normalized spacial score (nSPS) is 19.5. The Kier molecular flexibility index (Phi) is 5.91. The quantitative estimate of drug-likeness (QED) is 0.572. The first-order valence-electron chi connectivity index (χ1n) is 10.8. The molecule has 0 saturated carbocycles. The second-order valence-corrected chi connectivity index (χ2v) is 9.35. The number of nitrogens with zero attached hydrogens (tertiary/aromatic N) is 3. The molecular weight excluding hydrogens is 450 g/mol. The van der Waals surface area contributed by atoms with E-state index in [1.165, 1.54) is 4.90 Å². The largest absolute Gasteiger partial charge is 0.369 e. The van der Waals surface area contributed by atoms with Gasteiger partial charge in [-0.3, -0.25) is 19.5 Å². The predicted molar refractivity (Wildman–Crippen MR) is 135 cm³/mol. The van der Waals surface area contributed by atoms with Crippen LogP contribution in [0.25, 0.3) is 11.1 Å². The Labute approximate surface area is 203 Å². The van der Waals surface area contributed by atoms with Crippen molar-refractivity contribution in [3.8, 4) is 11.1 Å². The molecule has 2 aromatic carbocycles. The minimum Gasteiger partial charge on any atom is -0.369 e. The van der Waals surface area contributed by atoms with Gasteiger partial charge in [0.2, 0.25) is 5.91 Å². The third-order valence-electron chi connectivity index (χ3n) is 6.61. The molecule has 0 spiro atoms. The van der Waals surface area contributed by atoms with Crippen LogP contribution >= 0.6 is 11.6 Å². The standard InChI is InChI=1S/C26H26ClN5O2/c1-25(2)23(34)32(4)24(28)31-26(25,3)16-9-7-10-17(15-16)30-22(33)21-19(12-8-14-29-21)18-11-5-6-13-20(18)27/h5-15H,1-4H3,(H2,28,31)(H,30,33). The zero-order chi connectivity index (χ0) is 24.7. The van der Waals surface area contributed by atoms with Crippen molar-refractivity contribution in [2.24, 2.45) is 16.1 Å². The average molecular weight is 476 g/mol. The number of anilines is 1. The first kappa shape index (κ1) is 23.4. The van der Waals surface area contributed by atoms with Crippen molar-refractivity contribution in [1.29, 1.82) is 0 Å². The van der Waals surface area contributed by atoms with Gasteiger partial charge in [0.15, 0.2) is 5.96 Å². The number of pyridine rings is 1. The number of aliphatic imine (C=N–C) groups is 1. The van der Waals surface area contributed by atoms with E-state index in [9.17, 15) is 9.59 Å². The summed E-state index contributed by atoms with van der Waals surface area (Å²) in [5.74, 6) is -0.353. The zero-order valence-electron chi connectivity index (χ0n) is 19.5. The fourth-order valence-electron chi connectivity index (χ4n) is 4.17. The fraction of sp³-hybridized carbons (Fsp3) is 0.231. The fourth-order valence-corrected chi connectivity index (χ4v) is 4.41. The topological polar surface area (TPSA) is 101 Å². The number of aromatic nitrogens is 1. The van der Waals surface area contributed by atoms with Gasteiger partial charge in [-0.25, -0.2) is 4.99 Å². The lowest BCUT2D eigenvalue weighted by atomic mass is 9.68. The summed E-state index contributed by atoms with van der Waals surface area (Å²) >= 11 is 6.37. The van der Waals surface area contributed by atoms with Gasteiger partial charge in [-0.1, -0.05) is 48.0 Å². The summed E-state index contributed by atoms with van der Waals surface area (Å²) in [4.78, 5) is 36.6. The van der Waals surface area contributed by atoms with Gasteiger partial charge in [0.1, 0.15) is 11.2 Å². The summed E-state index contributed by atoms with van der Waals surface area (Å²) < 4.78 is 0. The number of guanidine groups is 1. The second-order valence-electron chi connectivity index (χ2n) is 8.95. The molecule has 0 fully saturated rings. The SMILES string of the molecule is CN1C(=O)C(C)(C)C(C)(c2cccc(NC(=O)c3ncccc3-c3ccccc3Cl)c2)N=C1N. The Morgan fingerprint density at radius 1 is 1.03 bits per heavy atom. The molecule has 3 aromatic rings. The van der Waals surface area contributed by atoms with Gasteiger partial charge >= 0.3 is 0 Å². The van der Waals surface area contributed by atoms with Gasteiger partial charge in [0, 0.05) is 35.1 Å². The van der Waals surface area contributed by atoms with Crippen LogP contribution in [-0.4, -0.2) is 34.7 Å². The van der Waals surface area contributed by atoms with E-state index in [2.05, 4.69) is 15.3 Å². The number of benzene rings is 2. The van der Waals surface area contributed by atoms with Gasteiger partial charge < -0.3 is 11.1 Å². The molecule has 4 rings (SSSR count). The highest BCUT2D eigenvalue weighted by atomic mass is 35.5. The van der Waals surface area contributed by atoms with E-state index < -0.39 is 11.0 Å². The monoisotopic (exact) mass is 475 g/mol. The minimum atomic E-state index is -0.921. The molecule has 0 bridgehead atoms. The first-order valence-corrected chi connectivity index (χ1v) is 11.2. The smallest absolute Gasteiger partial charge is 0.274 e. The summed E-state index contributed by atoms with van der Waals surface area (Å²) in [5.41, 5.74) is 7.19. The molecule has 0 radical (unpaired) electrons. The highest BCUT2D eigenvalue weighted by Crippen LogP contribution is 2.46. The summed E-state index contributed by atoms with van der Waals surface area (Å²) in [5, 5.41) is 3.46. The molecule has 0 saturated heterocycles. The summed E-state index contributed by atoms with van der Waals surface area (Å²) in [6.45, 7) is 5.56. The molecule has 1 atom stereocenters. The van der Waals surface area contributed by atoms with Gasteiger partial charge in [0.05, 0.1) is 5.41 Å². The molecule has 1 aliphatic rings. The number of rotatable bonds is 4. The van der Waals surface area contributed by atoms with Crippen LogP contribution in [-0.2, 0) is 10.3 Å². The van der Waals surface area contributed by atoms with Gasteiger partial charge in [0.25, 0.3) is 5.91 Å². The molecule has 34 heavy (non-hydrogen) atoms. The van der Waals surface area contributed by atoms with Gasteiger partial charge in [-0.05, 0) is 50.6 Å². The number of hydrogen-bond acceptors (Lipinski definition) is 5. The van der Waals surface area contributed by atoms with Crippen molar-refractivity contribution < 1.29 is 9.59 Å². The van der Waals surface area contributed by atoms with Crippen LogP contribution in [0.1, 0.15) is 36.8 Å². The molecule has 8 heteroatoms. The lowest BCUT2D eigenvalue weighted by Gasteiger charge is -2.46. The van der Waals surface area contributed by atoms with Crippen molar-refractivity contribution >= 4 is 35.1 Å². The highest BCUT2D eigenvalue weighted by Gasteiger charge is 2.52. The number of carbonyl (C=O) groups is 2.